The molecule has 0 radical (unpaired) electrons. The first-order valence-corrected chi connectivity index (χ1v) is 5.73. The van der Waals surface area contributed by atoms with E-state index in [1.54, 1.807) is 0 Å². The van der Waals surface area contributed by atoms with E-state index in [2.05, 4.69) is 10.1 Å². The SMILES string of the molecule is O=C(N[C@@H](CCO)C(=O)O)c1ccc(OC(F)(F)F)cc1. The maximum absolute atomic E-state index is 12.0. The summed E-state index contributed by atoms with van der Waals surface area (Å²) < 4.78 is 39.5. The van der Waals surface area contributed by atoms with Gasteiger partial charge in [0.1, 0.15) is 11.8 Å². The fourth-order valence-electron chi connectivity index (χ4n) is 1.44. The van der Waals surface area contributed by atoms with Crippen molar-refractivity contribution < 1.29 is 37.7 Å². The molecular formula is C12H12F3NO5. The summed E-state index contributed by atoms with van der Waals surface area (Å²) in [7, 11) is 0. The van der Waals surface area contributed by atoms with Crippen molar-refractivity contribution >= 4 is 11.9 Å². The van der Waals surface area contributed by atoms with Gasteiger partial charge in [0.05, 0.1) is 0 Å². The van der Waals surface area contributed by atoms with E-state index >= 15 is 0 Å². The first-order chi connectivity index (χ1) is 9.73. The number of ether oxygens (including phenoxy) is 1. The topological polar surface area (TPSA) is 95.9 Å². The van der Waals surface area contributed by atoms with E-state index < -0.39 is 36.6 Å². The molecule has 6 nitrogen and oxygen atoms in total. The van der Waals surface area contributed by atoms with E-state index in [0.717, 1.165) is 24.3 Å². The number of benzene rings is 1. The number of amides is 1. The fraction of sp³-hybridized carbons (Fsp3) is 0.333. The van der Waals surface area contributed by atoms with Crippen LogP contribution in [0.15, 0.2) is 24.3 Å². The first-order valence-electron chi connectivity index (χ1n) is 5.73. The minimum Gasteiger partial charge on any atom is -0.480 e. The average molecular weight is 307 g/mol. The summed E-state index contributed by atoms with van der Waals surface area (Å²) in [5.41, 5.74) is -0.0336. The lowest BCUT2D eigenvalue weighted by atomic mass is 10.1. The van der Waals surface area contributed by atoms with Crippen molar-refractivity contribution in [2.45, 2.75) is 18.8 Å². The molecule has 1 atom stereocenters. The van der Waals surface area contributed by atoms with Gasteiger partial charge in [-0.25, -0.2) is 4.79 Å². The number of alkyl halides is 3. The molecule has 0 bridgehead atoms. The highest BCUT2D eigenvalue weighted by Crippen LogP contribution is 2.22. The van der Waals surface area contributed by atoms with E-state index in [4.69, 9.17) is 10.2 Å². The maximum atomic E-state index is 12.0. The van der Waals surface area contributed by atoms with Crippen molar-refractivity contribution in [3.05, 3.63) is 29.8 Å². The van der Waals surface area contributed by atoms with E-state index in [-0.39, 0.29) is 12.0 Å². The molecule has 0 saturated heterocycles. The zero-order valence-corrected chi connectivity index (χ0v) is 10.6. The molecule has 0 aliphatic rings. The number of aliphatic carboxylic acids is 1. The molecule has 21 heavy (non-hydrogen) atoms. The lowest BCUT2D eigenvalue weighted by Crippen LogP contribution is -2.41. The molecule has 1 amide bonds. The van der Waals surface area contributed by atoms with Crippen molar-refractivity contribution in [2.24, 2.45) is 0 Å². The second-order valence-electron chi connectivity index (χ2n) is 3.95. The number of rotatable bonds is 6. The fourth-order valence-corrected chi connectivity index (χ4v) is 1.44. The summed E-state index contributed by atoms with van der Waals surface area (Å²) in [6.07, 6.45) is -5.02. The van der Waals surface area contributed by atoms with Crippen molar-refractivity contribution in [2.75, 3.05) is 6.61 Å². The van der Waals surface area contributed by atoms with Crippen molar-refractivity contribution in [1.82, 2.24) is 5.32 Å². The predicted octanol–water partition coefficient (Wildman–Crippen LogP) is 1.15. The number of carboxylic acids is 1. The molecule has 0 saturated carbocycles. The Morgan fingerprint density at radius 1 is 1.24 bits per heavy atom. The summed E-state index contributed by atoms with van der Waals surface area (Å²) in [6.45, 7) is -0.435. The largest absolute Gasteiger partial charge is 0.573 e. The van der Waals surface area contributed by atoms with Gasteiger partial charge in [-0.1, -0.05) is 0 Å². The van der Waals surface area contributed by atoms with Gasteiger partial charge in [-0.2, -0.15) is 0 Å². The van der Waals surface area contributed by atoms with Crippen LogP contribution in [-0.2, 0) is 4.79 Å². The highest BCUT2D eigenvalue weighted by atomic mass is 19.4. The molecule has 116 valence electrons. The smallest absolute Gasteiger partial charge is 0.480 e. The zero-order chi connectivity index (χ0) is 16.0. The molecule has 0 heterocycles. The van der Waals surface area contributed by atoms with Crippen molar-refractivity contribution in [3.63, 3.8) is 0 Å². The lowest BCUT2D eigenvalue weighted by molar-refractivity contribution is -0.274. The number of carboxylic acid groups (broad SMARTS) is 1. The number of halogens is 3. The second kappa shape index (κ2) is 6.93. The van der Waals surface area contributed by atoms with Gasteiger partial charge in [0, 0.05) is 18.6 Å². The van der Waals surface area contributed by atoms with Crippen LogP contribution in [-0.4, -0.2) is 41.1 Å². The van der Waals surface area contributed by atoms with Crippen LogP contribution in [0.25, 0.3) is 0 Å². The van der Waals surface area contributed by atoms with Crippen LogP contribution >= 0.6 is 0 Å². The second-order valence-corrected chi connectivity index (χ2v) is 3.95. The Kier molecular flexibility index (Phi) is 5.53. The first kappa shape index (κ1) is 16.8. The summed E-state index contributed by atoms with van der Waals surface area (Å²) in [5.74, 6) is -2.60. The summed E-state index contributed by atoms with van der Waals surface area (Å²) in [6, 6.07) is 2.71. The maximum Gasteiger partial charge on any atom is 0.573 e. The summed E-state index contributed by atoms with van der Waals surface area (Å²) in [4.78, 5) is 22.5. The third kappa shape index (κ3) is 5.69. The molecule has 0 aromatic heterocycles. The Hall–Kier alpha value is -2.29. The number of aliphatic hydroxyl groups excluding tert-OH is 1. The normalized spacial score (nSPS) is 12.6. The Labute approximate surface area is 117 Å². The van der Waals surface area contributed by atoms with Gasteiger partial charge < -0.3 is 20.3 Å². The molecule has 0 spiro atoms. The third-order valence-corrected chi connectivity index (χ3v) is 2.37. The van der Waals surface area contributed by atoms with Crippen LogP contribution in [0.1, 0.15) is 16.8 Å². The van der Waals surface area contributed by atoms with E-state index in [0.29, 0.717) is 0 Å². The van der Waals surface area contributed by atoms with Crippen molar-refractivity contribution in [1.29, 1.82) is 0 Å². The number of nitrogens with one attached hydrogen (secondary N) is 1. The molecule has 0 aliphatic carbocycles. The van der Waals surface area contributed by atoms with Crippen LogP contribution in [0.4, 0.5) is 13.2 Å². The van der Waals surface area contributed by atoms with Gasteiger partial charge in [-0.15, -0.1) is 13.2 Å². The summed E-state index contributed by atoms with van der Waals surface area (Å²) in [5, 5.41) is 19.6. The van der Waals surface area contributed by atoms with Crippen molar-refractivity contribution in [3.8, 4) is 5.75 Å². The van der Waals surface area contributed by atoms with Crippen LogP contribution in [0.2, 0.25) is 0 Å². The average Bonchev–Trinajstić information content (AvgIpc) is 2.36. The minimum atomic E-state index is -4.83. The minimum absolute atomic E-state index is 0.0336. The molecule has 0 fully saturated rings. The van der Waals surface area contributed by atoms with Crippen LogP contribution in [0, 0.1) is 0 Å². The molecule has 1 aromatic rings. The molecule has 9 heteroatoms. The Balaban J connectivity index is 2.72. The Morgan fingerprint density at radius 2 is 1.81 bits per heavy atom. The van der Waals surface area contributed by atoms with E-state index in [9.17, 15) is 22.8 Å². The molecule has 1 rings (SSSR count). The van der Waals surface area contributed by atoms with Crippen LogP contribution < -0.4 is 10.1 Å². The Bertz CT molecular complexity index is 501. The van der Waals surface area contributed by atoms with Crippen LogP contribution in [0.5, 0.6) is 5.75 Å². The standard InChI is InChI=1S/C12H12F3NO5/c13-12(14,15)21-8-3-1-7(2-4-8)10(18)16-9(5-6-17)11(19)20/h1-4,9,17H,5-6H2,(H,16,18)(H,19,20)/t9-/m0/s1. The van der Waals surface area contributed by atoms with E-state index in [1.165, 1.54) is 0 Å². The van der Waals surface area contributed by atoms with Gasteiger partial charge >= 0.3 is 12.3 Å². The van der Waals surface area contributed by atoms with Crippen LogP contribution in [0.3, 0.4) is 0 Å². The van der Waals surface area contributed by atoms with E-state index in [1.807, 2.05) is 0 Å². The molecular weight excluding hydrogens is 295 g/mol. The van der Waals surface area contributed by atoms with Gasteiger partial charge in [0.25, 0.3) is 5.91 Å². The highest BCUT2D eigenvalue weighted by Gasteiger charge is 2.31. The summed E-state index contributed by atoms with van der Waals surface area (Å²) >= 11 is 0. The predicted molar refractivity (Wildman–Crippen MR) is 63.7 cm³/mol. The Morgan fingerprint density at radius 3 is 2.24 bits per heavy atom. The van der Waals surface area contributed by atoms with Gasteiger partial charge in [-0.3, -0.25) is 4.79 Å². The van der Waals surface area contributed by atoms with Gasteiger partial charge in [0.15, 0.2) is 0 Å². The molecule has 1 aromatic carbocycles. The molecule has 3 N–H and O–H groups in total. The number of hydrogen-bond donors (Lipinski definition) is 3. The zero-order valence-electron chi connectivity index (χ0n) is 10.6. The monoisotopic (exact) mass is 307 g/mol. The quantitative estimate of drug-likeness (QED) is 0.732. The highest BCUT2D eigenvalue weighted by molar-refractivity contribution is 5.96. The number of hydrogen-bond acceptors (Lipinski definition) is 4. The number of carbonyl (C=O) groups is 2. The lowest BCUT2D eigenvalue weighted by Gasteiger charge is -2.13. The number of aliphatic hydroxyl groups is 1. The third-order valence-electron chi connectivity index (χ3n) is 2.37. The molecule has 0 aliphatic heterocycles. The molecule has 0 unspecified atom stereocenters. The number of carbonyl (C=O) groups excluding carboxylic acids is 1. The van der Waals surface area contributed by atoms with Gasteiger partial charge in [0.2, 0.25) is 0 Å². The van der Waals surface area contributed by atoms with Gasteiger partial charge in [-0.05, 0) is 24.3 Å².